The van der Waals surface area contributed by atoms with Crippen molar-refractivity contribution in [3.05, 3.63) is 53.1 Å². The Morgan fingerprint density at radius 2 is 1.58 bits per heavy atom. The zero-order valence-corrected chi connectivity index (χ0v) is 19.9. The standard InChI is InChI=1S/C24H23F7N2O2S/c1-2-15(23(35)33-21-19(27)17(25)16(24(29,30)31)18(26)20(21)28)36-14-10-6-9-13(11-14)32-22(34)12-7-4-3-5-8-12/h6,9-12,15H,2-5,7-8H2,1H3,(H,32,34)(H,33,35). The minimum Gasteiger partial charge on any atom is -0.326 e. The van der Waals surface area contributed by atoms with Gasteiger partial charge >= 0.3 is 6.18 Å². The van der Waals surface area contributed by atoms with E-state index in [9.17, 15) is 40.3 Å². The number of carbonyl (C=O) groups is 2. The highest BCUT2D eigenvalue weighted by Crippen LogP contribution is 2.39. The van der Waals surface area contributed by atoms with Crippen LogP contribution in [0.5, 0.6) is 0 Å². The molecular weight excluding hydrogens is 513 g/mol. The number of benzene rings is 2. The van der Waals surface area contributed by atoms with Gasteiger partial charge in [-0.25, -0.2) is 17.6 Å². The van der Waals surface area contributed by atoms with E-state index in [0.717, 1.165) is 43.9 Å². The molecule has 0 heterocycles. The Kier molecular flexibility index (Phi) is 8.91. The largest absolute Gasteiger partial charge is 0.422 e. The molecule has 196 valence electrons. The van der Waals surface area contributed by atoms with Crippen LogP contribution in [0.25, 0.3) is 0 Å². The number of amides is 2. The van der Waals surface area contributed by atoms with Crippen molar-refractivity contribution in [2.75, 3.05) is 10.6 Å². The number of hydrogen-bond acceptors (Lipinski definition) is 3. The van der Waals surface area contributed by atoms with Gasteiger partial charge in [0.25, 0.3) is 0 Å². The molecule has 2 aromatic rings. The molecule has 3 rings (SSSR count). The molecule has 1 saturated carbocycles. The second-order valence-corrected chi connectivity index (χ2v) is 9.64. The lowest BCUT2D eigenvalue weighted by atomic mass is 9.88. The van der Waals surface area contributed by atoms with Crippen LogP contribution in [0.15, 0.2) is 29.2 Å². The Morgan fingerprint density at radius 3 is 2.14 bits per heavy atom. The van der Waals surface area contributed by atoms with E-state index in [2.05, 4.69) is 5.32 Å². The van der Waals surface area contributed by atoms with Crippen LogP contribution in [-0.4, -0.2) is 17.1 Å². The Morgan fingerprint density at radius 1 is 0.972 bits per heavy atom. The van der Waals surface area contributed by atoms with Crippen LogP contribution in [0.2, 0.25) is 0 Å². The maximum atomic E-state index is 14.2. The van der Waals surface area contributed by atoms with E-state index < -0.39 is 51.9 Å². The fraction of sp³-hybridized carbons (Fsp3) is 0.417. The molecule has 0 saturated heterocycles. The molecule has 36 heavy (non-hydrogen) atoms. The van der Waals surface area contributed by atoms with E-state index in [1.165, 1.54) is 0 Å². The number of rotatable bonds is 7. The lowest BCUT2D eigenvalue weighted by molar-refractivity contribution is -0.143. The van der Waals surface area contributed by atoms with E-state index in [-0.39, 0.29) is 18.2 Å². The highest BCUT2D eigenvalue weighted by Gasteiger charge is 2.42. The summed E-state index contributed by atoms with van der Waals surface area (Å²) in [5, 5.41) is 3.48. The molecular formula is C24H23F7N2O2S. The third-order valence-corrected chi connectivity index (χ3v) is 7.17. The van der Waals surface area contributed by atoms with Gasteiger partial charge in [-0.2, -0.15) is 13.2 Å². The average Bonchev–Trinajstić information content (AvgIpc) is 2.83. The third-order valence-electron chi connectivity index (χ3n) is 5.81. The molecule has 0 radical (unpaired) electrons. The summed E-state index contributed by atoms with van der Waals surface area (Å²) in [4.78, 5) is 25.6. The predicted molar refractivity (Wildman–Crippen MR) is 121 cm³/mol. The second kappa shape index (κ2) is 11.5. The third kappa shape index (κ3) is 6.32. The molecule has 4 nitrogen and oxygen atoms in total. The summed E-state index contributed by atoms with van der Waals surface area (Å²) >= 11 is 0.945. The molecule has 0 aromatic heterocycles. The van der Waals surface area contributed by atoms with Gasteiger partial charge in [-0.1, -0.05) is 32.3 Å². The first-order valence-electron chi connectivity index (χ1n) is 11.3. The lowest BCUT2D eigenvalue weighted by Gasteiger charge is -2.21. The summed E-state index contributed by atoms with van der Waals surface area (Å²) in [5.74, 6) is -11.3. The molecule has 2 N–H and O–H groups in total. The highest BCUT2D eigenvalue weighted by molar-refractivity contribution is 8.00. The minimum atomic E-state index is -5.68. The van der Waals surface area contributed by atoms with Crippen LogP contribution < -0.4 is 10.6 Å². The summed E-state index contributed by atoms with van der Waals surface area (Å²) in [6.45, 7) is 1.56. The number of alkyl halides is 3. The van der Waals surface area contributed by atoms with Crippen molar-refractivity contribution < 1.29 is 40.3 Å². The number of carbonyl (C=O) groups excluding carboxylic acids is 2. The van der Waals surface area contributed by atoms with Crippen LogP contribution in [0, 0.1) is 29.2 Å². The Labute approximate surface area is 207 Å². The first-order valence-corrected chi connectivity index (χ1v) is 12.1. The molecule has 1 aliphatic rings. The number of thioether (sulfide) groups is 1. The number of halogens is 7. The van der Waals surface area contributed by atoms with Gasteiger partial charge in [0.1, 0.15) is 11.3 Å². The SMILES string of the molecule is CCC(Sc1cccc(NC(=O)C2CCCCC2)c1)C(=O)Nc1c(F)c(F)c(C(F)(F)F)c(F)c1F. The van der Waals surface area contributed by atoms with Crippen LogP contribution in [0.3, 0.4) is 0 Å². The van der Waals surface area contributed by atoms with Crippen LogP contribution >= 0.6 is 11.8 Å². The maximum Gasteiger partial charge on any atom is 0.422 e. The van der Waals surface area contributed by atoms with Crippen molar-refractivity contribution in [1.29, 1.82) is 0 Å². The summed E-state index contributed by atoms with van der Waals surface area (Å²) in [6.07, 6.45) is -0.921. The average molecular weight is 537 g/mol. The summed E-state index contributed by atoms with van der Waals surface area (Å²) in [6, 6.07) is 6.50. The Hall–Kier alpha value is -2.76. The number of hydrogen-bond donors (Lipinski definition) is 2. The molecule has 1 atom stereocenters. The van der Waals surface area contributed by atoms with E-state index in [1.54, 1.807) is 36.5 Å². The van der Waals surface area contributed by atoms with Crippen molar-refractivity contribution >= 4 is 35.0 Å². The predicted octanol–water partition coefficient (Wildman–Crippen LogP) is 7.29. The van der Waals surface area contributed by atoms with E-state index in [1.807, 2.05) is 0 Å². The van der Waals surface area contributed by atoms with Gasteiger partial charge in [0.2, 0.25) is 11.8 Å². The molecule has 1 unspecified atom stereocenters. The van der Waals surface area contributed by atoms with Crippen LogP contribution in [0.4, 0.5) is 42.1 Å². The van der Waals surface area contributed by atoms with Crippen molar-refractivity contribution in [3.63, 3.8) is 0 Å². The van der Waals surface area contributed by atoms with Crippen LogP contribution in [-0.2, 0) is 15.8 Å². The first kappa shape index (κ1) is 27.8. The van der Waals surface area contributed by atoms with Gasteiger partial charge in [-0.3, -0.25) is 9.59 Å². The smallest absolute Gasteiger partial charge is 0.326 e. The second-order valence-electron chi connectivity index (χ2n) is 8.36. The molecule has 0 spiro atoms. The summed E-state index contributed by atoms with van der Waals surface area (Å²) < 4.78 is 94.4. The molecule has 2 amide bonds. The van der Waals surface area contributed by atoms with E-state index >= 15 is 0 Å². The van der Waals surface area contributed by atoms with Gasteiger partial charge in [-0.15, -0.1) is 11.8 Å². The van der Waals surface area contributed by atoms with Gasteiger partial charge in [0.05, 0.1) is 5.25 Å². The maximum absolute atomic E-state index is 14.2. The van der Waals surface area contributed by atoms with Crippen molar-refractivity contribution in [3.8, 4) is 0 Å². The molecule has 2 aromatic carbocycles. The molecule has 0 bridgehead atoms. The van der Waals surface area contributed by atoms with Crippen molar-refractivity contribution in [2.45, 2.75) is 61.8 Å². The lowest BCUT2D eigenvalue weighted by Crippen LogP contribution is -2.27. The zero-order valence-electron chi connectivity index (χ0n) is 19.1. The normalized spacial score (nSPS) is 15.4. The van der Waals surface area contributed by atoms with Gasteiger partial charge < -0.3 is 10.6 Å². The Balaban J connectivity index is 1.75. The molecule has 1 aliphatic carbocycles. The van der Waals surface area contributed by atoms with Gasteiger partial charge in [-0.05, 0) is 37.5 Å². The van der Waals surface area contributed by atoms with Crippen LogP contribution in [0.1, 0.15) is 51.0 Å². The van der Waals surface area contributed by atoms with E-state index in [0.29, 0.717) is 10.6 Å². The number of nitrogens with one attached hydrogen (secondary N) is 2. The van der Waals surface area contributed by atoms with Gasteiger partial charge in [0.15, 0.2) is 23.3 Å². The summed E-state index contributed by atoms with van der Waals surface area (Å²) in [5.41, 5.74) is -3.88. The van der Waals surface area contributed by atoms with E-state index in [4.69, 9.17) is 0 Å². The Bertz CT molecular complexity index is 1110. The minimum absolute atomic E-state index is 0.0847. The quantitative estimate of drug-likeness (QED) is 0.222. The summed E-state index contributed by atoms with van der Waals surface area (Å²) in [7, 11) is 0. The number of anilines is 2. The molecule has 12 heteroatoms. The first-order chi connectivity index (χ1) is 16.9. The highest BCUT2D eigenvalue weighted by atomic mass is 32.2. The topological polar surface area (TPSA) is 58.2 Å². The fourth-order valence-corrected chi connectivity index (χ4v) is 4.95. The zero-order chi connectivity index (χ0) is 26.6. The van der Waals surface area contributed by atoms with Crippen molar-refractivity contribution in [2.24, 2.45) is 5.92 Å². The van der Waals surface area contributed by atoms with Crippen molar-refractivity contribution in [1.82, 2.24) is 0 Å². The molecule has 1 fully saturated rings. The molecule has 0 aliphatic heterocycles. The monoisotopic (exact) mass is 536 g/mol. The fourth-order valence-electron chi connectivity index (χ4n) is 3.94. The van der Waals surface area contributed by atoms with Gasteiger partial charge in [0, 0.05) is 16.5 Å².